The van der Waals surface area contributed by atoms with Crippen LogP contribution in [-0.2, 0) is 0 Å². The standard InChI is InChI=1S/C10H8BrFN2S/c1-5-9(13)14-10(15-5)6-2-7(11)4-8(12)3-6/h2-4H,13H2,1H3. The van der Waals surface area contributed by atoms with Crippen molar-refractivity contribution in [2.75, 3.05) is 5.73 Å². The summed E-state index contributed by atoms with van der Waals surface area (Å²) in [4.78, 5) is 5.12. The number of thiazole rings is 1. The summed E-state index contributed by atoms with van der Waals surface area (Å²) in [6, 6.07) is 4.68. The topological polar surface area (TPSA) is 38.9 Å². The van der Waals surface area contributed by atoms with Crippen molar-refractivity contribution in [2.24, 2.45) is 0 Å². The number of anilines is 1. The van der Waals surface area contributed by atoms with E-state index in [1.54, 1.807) is 0 Å². The lowest BCUT2D eigenvalue weighted by atomic mass is 10.2. The highest BCUT2D eigenvalue weighted by atomic mass is 79.9. The molecule has 2 aromatic rings. The highest BCUT2D eigenvalue weighted by molar-refractivity contribution is 9.10. The van der Waals surface area contributed by atoms with Gasteiger partial charge in [-0.25, -0.2) is 9.37 Å². The quantitative estimate of drug-likeness (QED) is 0.870. The minimum absolute atomic E-state index is 0.286. The zero-order valence-electron chi connectivity index (χ0n) is 7.92. The van der Waals surface area contributed by atoms with Crippen LogP contribution < -0.4 is 5.73 Å². The Labute approximate surface area is 99.1 Å². The highest BCUT2D eigenvalue weighted by Gasteiger charge is 2.08. The Morgan fingerprint density at radius 2 is 2.13 bits per heavy atom. The number of nitrogens with two attached hydrogens (primary N) is 1. The summed E-state index contributed by atoms with van der Waals surface area (Å²) in [6.07, 6.45) is 0. The largest absolute Gasteiger partial charge is 0.383 e. The van der Waals surface area contributed by atoms with Crippen LogP contribution in [0.2, 0.25) is 0 Å². The molecule has 0 atom stereocenters. The zero-order chi connectivity index (χ0) is 11.0. The first-order valence-electron chi connectivity index (χ1n) is 4.25. The molecular formula is C10H8BrFN2S. The SMILES string of the molecule is Cc1sc(-c2cc(F)cc(Br)c2)nc1N. The van der Waals surface area contributed by atoms with E-state index in [0.717, 1.165) is 15.4 Å². The monoisotopic (exact) mass is 286 g/mol. The summed E-state index contributed by atoms with van der Waals surface area (Å²) >= 11 is 4.70. The molecule has 15 heavy (non-hydrogen) atoms. The number of nitrogens with zero attached hydrogens (tertiary/aromatic N) is 1. The molecule has 0 aliphatic rings. The van der Waals surface area contributed by atoms with Crippen molar-refractivity contribution >= 4 is 33.1 Å². The van der Waals surface area contributed by atoms with E-state index in [4.69, 9.17) is 5.73 Å². The molecule has 78 valence electrons. The number of aryl methyl sites for hydroxylation is 1. The summed E-state index contributed by atoms with van der Waals surface area (Å²) in [7, 11) is 0. The first-order chi connectivity index (χ1) is 7.06. The van der Waals surface area contributed by atoms with Crippen LogP contribution in [0.25, 0.3) is 10.6 Å². The maximum absolute atomic E-state index is 13.1. The Kier molecular flexibility index (Phi) is 2.75. The van der Waals surface area contributed by atoms with Gasteiger partial charge in [0.1, 0.15) is 16.6 Å². The summed E-state index contributed by atoms with van der Waals surface area (Å²) < 4.78 is 13.8. The lowest BCUT2D eigenvalue weighted by Crippen LogP contribution is -1.86. The molecule has 5 heteroatoms. The van der Waals surface area contributed by atoms with Crippen molar-refractivity contribution in [3.63, 3.8) is 0 Å². The molecule has 0 fully saturated rings. The second kappa shape index (κ2) is 3.90. The maximum atomic E-state index is 13.1. The number of halogens is 2. The van der Waals surface area contributed by atoms with Gasteiger partial charge in [0.25, 0.3) is 0 Å². The molecule has 0 spiro atoms. The summed E-state index contributed by atoms with van der Waals surface area (Å²) in [5, 5.41) is 0.741. The molecule has 0 aliphatic heterocycles. The average molecular weight is 287 g/mol. The van der Waals surface area contributed by atoms with E-state index in [1.165, 1.54) is 23.5 Å². The fourth-order valence-electron chi connectivity index (χ4n) is 1.21. The van der Waals surface area contributed by atoms with Gasteiger partial charge in [-0.1, -0.05) is 15.9 Å². The molecule has 0 radical (unpaired) electrons. The molecular weight excluding hydrogens is 279 g/mol. The number of benzene rings is 1. The van der Waals surface area contributed by atoms with Crippen LogP contribution in [0.1, 0.15) is 4.88 Å². The normalized spacial score (nSPS) is 10.6. The van der Waals surface area contributed by atoms with E-state index in [-0.39, 0.29) is 5.82 Å². The molecule has 1 heterocycles. The number of hydrogen-bond donors (Lipinski definition) is 1. The second-order valence-electron chi connectivity index (χ2n) is 3.12. The first-order valence-corrected chi connectivity index (χ1v) is 5.86. The number of rotatable bonds is 1. The minimum Gasteiger partial charge on any atom is -0.383 e. The molecule has 2 rings (SSSR count). The Hall–Kier alpha value is -0.940. The van der Waals surface area contributed by atoms with Gasteiger partial charge >= 0.3 is 0 Å². The van der Waals surface area contributed by atoms with Gasteiger partial charge in [0.05, 0.1) is 0 Å². The van der Waals surface area contributed by atoms with E-state index >= 15 is 0 Å². The highest BCUT2D eigenvalue weighted by Crippen LogP contribution is 2.30. The predicted molar refractivity (Wildman–Crippen MR) is 64.4 cm³/mol. The lowest BCUT2D eigenvalue weighted by Gasteiger charge is -1.97. The molecule has 0 aliphatic carbocycles. The minimum atomic E-state index is -0.286. The molecule has 1 aromatic heterocycles. The van der Waals surface area contributed by atoms with Crippen LogP contribution >= 0.6 is 27.3 Å². The van der Waals surface area contributed by atoms with Crippen molar-refractivity contribution in [1.82, 2.24) is 4.98 Å². The van der Waals surface area contributed by atoms with Crippen LogP contribution in [0.5, 0.6) is 0 Å². The smallest absolute Gasteiger partial charge is 0.138 e. The number of hydrogen-bond acceptors (Lipinski definition) is 3. The van der Waals surface area contributed by atoms with E-state index in [1.807, 2.05) is 13.0 Å². The molecule has 2 N–H and O–H groups in total. The summed E-state index contributed by atoms with van der Waals surface area (Å²) in [6.45, 7) is 1.89. The van der Waals surface area contributed by atoms with Gasteiger partial charge in [-0.2, -0.15) is 0 Å². The molecule has 1 aromatic carbocycles. The van der Waals surface area contributed by atoms with Gasteiger partial charge in [-0.15, -0.1) is 11.3 Å². The Balaban J connectivity index is 2.53. The van der Waals surface area contributed by atoms with Crippen molar-refractivity contribution in [3.8, 4) is 10.6 Å². The van der Waals surface area contributed by atoms with Crippen molar-refractivity contribution < 1.29 is 4.39 Å². The van der Waals surface area contributed by atoms with Crippen LogP contribution in [0.3, 0.4) is 0 Å². The predicted octanol–water partition coefficient (Wildman–Crippen LogP) is 3.60. The Morgan fingerprint density at radius 1 is 1.40 bits per heavy atom. The van der Waals surface area contributed by atoms with E-state index in [0.29, 0.717) is 10.3 Å². The summed E-state index contributed by atoms with van der Waals surface area (Å²) in [5.74, 6) is 0.223. The molecule has 0 bridgehead atoms. The van der Waals surface area contributed by atoms with E-state index in [9.17, 15) is 4.39 Å². The van der Waals surface area contributed by atoms with Crippen LogP contribution in [-0.4, -0.2) is 4.98 Å². The van der Waals surface area contributed by atoms with Crippen LogP contribution in [0.4, 0.5) is 10.2 Å². The van der Waals surface area contributed by atoms with Crippen LogP contribution in [0.15, 0.2) is 22.7 Å². The van der Waals surface area contributed by atoms with Gasteiger partial charge < -0.3 is 5.73 Å². The fourth-order valence-corrected chi connectivity index (χ4v) is 2.49. The van der Waals surface area contributed by atoms with Crippen LogP contribution in [0, 0.1) is 12.7 Å². The second-order valence-corrected chi connectivity index (χ2v) is 5.24. The van der Waals surface area contributed by atoms with Gasteiger partial charge in [-0.3, -0.25) is 0 Å². The molecule has 2 nitrogen and oxygen atoms in total. The van der Waals surface area contributed by atoms with E-state index in [2.05, 4.69) is 20.9 Å². The van der Waals surface area contributed by atoms with Gasteiger partial charge in [0.2, 0.25) is 0 Å². The fraction of sp³-hybridized carbons (Fsp3) is 0.100. The third-order valence-electron chi connectivity index (χ3n) is 1.94. The first kappa shape index (κ1) is 10.6. The third-order valence-corrected chi connectivity index (χ3v) is 3.44. The van der Waals surface area contributed by atoms with E-state index < -0.39 is 0 Å². The molecule has 0 saturated carbocycles. The summed E-state index contributed by atoms with van der Waals surface area (Å²) in [5.41, 5.74) is 6.39. The zero-order valence-corrected chi connectivity index (χ0v) is 10.3. The van der Waals surface area contributed by atoms with Gasteiger partial charge in [0, 0.05) is 14.9 Å². The average Bonchev–Trinajstić information content (AvgIpc) is 2.45. The molecule has 0 saturated heterocycles. The number of nitrogen functional groups attached to an aromatic ring is 1. The van der Waals surface area contributed by atoms with Crippen molar-refractivity contribution in [1.29, 1.82) is 0 Å². The molecule has 0 unspecified atom stereocenters. The van der Waals surface area contributed by atoms with Crippen molar-refractivity contribution in [2.45, 2.75) is 6.92 Å². The lowest BCUT2D eigenvalue weighted by molar-refractivity contribution is 0.627. The Morgan fingerprint density at radius 3 is 2.67 bits per heavy atom. The number of aromatic nitrogens is 1. The maximum Gasteiger partial charge on any atom is 0.138 e. The third kappa shape index (κ3) is 2.18. The molecule has 0 amide bonds. The van der Waals surface area contributed by atoms with Gasteiger partial charge in [-0.05, 0) is 25.1 Å². The van der Waals surface area contributed by atoms with Gasteiger partial charge in [0.15, 0.2) is 0 Å². The van der Waals surface area contributed by atoms with Crippen molar-refractivity contribution in [3.05, 3.63) is 33.4 Å². The Bertz CT molecular complexity index is 470.